The Hall–Kier alpha value is -2.00. The quantitative estimate of drug-likeness (QED) is 0.727. The van der Waals surface area contributed by atoms with E-state index in [1.54, 1.807) is 14.2 Å². The zero-order valence-electron chi connectivity index (χ0n) is 18.2. The molecule has 27 heavy (non-hydrogen) atoms. The Bertz CT molecular complexity index is 757. The first kappa shape index (κ1) is 21.3. The van der Waals surface area contributed by atoms with Gasteiger partial charge in [0.25, 0.3) is 0 Å². The van der Waals surface area contributed by atoms with Gasteiger partial charge in [-0.3, -0.25) is 0 Å². The SMILES string of the molecule is COc1ccc([C@](C)(OC)c2cc(C(C)(C)C)c(O)c(C(C)(C)C)c2)cc1. The van der Waals surface area contributed by atoms with Crippen molar-refractivity contribution >= 4 is 0 Å². The lowest BCUT2D eigenvalue weighted by atomic mass is 9.75. The maximum absolute atomic E-state index is 11.0. The summed E-state index contributed by atoms with van der Waals surface area (Å²) in [5.74, 6) is 1.20. The molecule has 0 saturated carbocycles. The van der Waals surface area contributed by atoms with Crippen LogP contribution in [-0.2, 0) is 21.2 Å². The summed E-state index contributed by atoms with van der Waals surface area (Å²) in [5.41, 5.74) is 2.92. The molecule has 1 atom stereocenters. The van der Waals surface area contributed by atoms with Crippen molar-refractivity contribution in [2.24, 2.45) is 0 Å². The third kappa shape index (κ3) is 4.14. The van der Waals surface area contributed by atoms with Crippen molar-refractivity contribution in [1.29, 1.82) is 0 Å². The Morgan fingerprint density at radius 2 is 1.15 bits per heavy atom. The van der Waals surface area contributed by atoms with Gasteiger partial charge in [-0.25, -0.2) is 0 Å². The van der Waals surface area contributed by atoms with Crippen LogP contribution in [0.15, 0.2) is 36.4 Å². The first-order chi connectivity index (χ1) is 12.3. The molecular formula is C24H34O3. The van der Waals surface area contributed by atoms with Crippen LogP contribution in [0, 0.1) is 0 Å². The number of benzene rings is 2. The van der Waals surface area contributed by atoms with Crippen LogP contribution in [0.2, 0.25) is 0 Å². The molecular weight excluding hydrogens is 336 g/mol. The molecule has 3 heteroatoms. The summed E-state index contributed by atoms with van der Waals surface area (Å²) >= 11 is 0. The van der Waals surface area contributed by atoms with Crippen LogP contribution in [-0.4, -0.2) is 19.3 Å². The van der Waals surface area contributed by atoms with E-state index < -0.39 is 5.60 Å². The topological polar surface area (TPSA) is 38.7 Å². The lowest BCUT2D eigenvalue weighted by molar-refractivity contribution is 0.0388. The first-order valence-corrected chi connectivity index (χ1v) is 9.42. The van der Waals surface area contributed by atoms with Crippen molar-refractivity contribution in [3.05, 3.63) is 58.7 Å². The Balaban J connectivity index is 2.76. The average molecular weight is 371 g/mol. The van der Waals surface area contributed by atoms with Crippen LogP contribution < -0.4 is 4.74 Å². The minimum atomic E-state index is -0.639. The highest BCUT2D eigenvalue weighted by molar-refractivity contribution is 5.53. The van der Waals surface area contributed by atoms with Crippen LogP contribution in [0.25, 0.3) is 0 Å². The number of hydrogen-bond acceptors (Lipinski definition) is 3. The van der Waals surface area contributed by atoms with Gasteiger partial charge >= 0.3 is 0 Å². The van der Waals surface area contributed by atoms with Crippen LogP contribution in [0.4, 0.5) is 0 Å². The second-order valence-electron chi connectivity index (χ2n) is 9.39. The van der Waals surface area contributed by atoms with E-state index in [0.29, 0.717) is 5.75 Å². The number of phenolic OH excluding ortho intramolecular Hbond substituents is 1. The van der Waals surface area contributed by atoms with Gasteiger partial charge < -0.3 is 14.6 Å². The number of hydrogen-bond donors (Lipinski definition) is 1. The number of aromatic hydroxyl groups is 1. The summed E-state index contributed by atoms with van der Waals surface area (Å²) < 4.78 is 11.3. The van der Waals surface area contributed by atoms with Gasteiger partial charge in [-0.2, -0.15) is 0 Å². The van der Waals surface area contributed by atoms with E-state index in [0.717, 1.165) is 28.0 Å². The fraction of sp³-hybridized carbons (Fsp3) is 0.500. The molecule has 0 unspecified atom stereocenters. The smallest absolute Gasteiger partial charge is 0.123 e. The summed E-state index contributed by atoms with van der Waals surface area (Å²) in [6, 6.07) is 12.1. The monoisotopic (exact) mass is 370 g/mol. The molecule has 0 heterocycles. The fourth-order valence-corrected chi connectivity index (χ4v) is 3.36. The maximum atomic E-state index is 11.0. The molecule has 0 aromatic heterocycles. The molecule has 0 bridgehead atoms. The fourth-order valence-electron chi connectivity index (χ4n) is 3.36. The van der Waals surface area contributed by atoms with Gasteiger partial charge in [0, 0.05) is 7.11 Å². The van der Waals surface area contributed by atoms with Crippen molar-refractivity contribution in [3.8, 4) is 11.5 Å². The minimum absolute atomic E-state index is 0.186. The molecule has 2 aromatic rings. The third-order valence-electron chi connectivity index (χ3n) is 5.33. The number of methoxy groups -OCH3 is 2. The number of ether oxygens (including phenoxy) is 2. The van der Waals surface area contributed by atoms with Gasteiger partial charge in [-0.05, 0) is 64.3 Å². The van der Waals surface area contributed by atoms with E-state index in [1.165, 1.54) is 0 Å². The van der Waals surface area contributed by atoms with E-state index in [4.69, 9.17) is 9.47 Å². The number of rotatable bonds is 4. The average Bonchev–Trinajstić information content (AvgIpc) is 2.59. The van der Waals surface area contributed by atoms with E-state index >= 15 is 0 Å². The molecule has 148 valence electrons. The Labute approximate surface area is 164 Å². The van der Waals surface area contributed by atoms with Crippen molar-refractivity contribution in [1.82, 2.24) is 0 Å². The molecule has 0 radical (unpaired) electrons. The van der Waals surface area contributed by atoms with Crippen molar-refractivity contribution in [2.45, 2.75) is 64.9 Å². The van der Waals surface area contributed by atoms with Gasteiger partial charge in [0.15, 0.2) is 0 Å². The molecule has 3 nitrogen and oxygen atoms in total. The molecule has 0 aliphatic carbocycles. The first-order valence-electron chi connectivity index (χ1n) is 9.42. The van der Waals surface area contributed by atoms with Crippen molar-refractivity contribution in [3.63, 3.8) is 0 Å². The van der Waals surface area contributed by atoms with Crippen LogP contribution >= 0.6 is 0 Å². The molecule has 2 rings (SSSR count). The lowest BCUT2D eigenvalue weighted by Crippen LogP contribution is -2.28. The zero-order valence-corrected chi connectivity index (χ0v) is 18.2. The Morgan fingerprint density at radius 1 is 0.704 bits per heavy atom. The standard InChI is InChI=1S/C24H34O3/c1-22(2,3)19-14-17(15-20(21(19)25)23(4,5)6)24(7,27-9)16-10-12-18(26-8)13-11-16/h10-15,25H,1-9H3/t24-/m0/s1. The third-order valence-corrected chi connectivity index (χ3v) is 5.33. The van der Waals surface area contributed by atoms with Gasteiger partial charge in [0.2, 0.25) is 0 Å². The summed E-state index contributed by atoms with van der Waals surface area (Å²) in [7, 11) is 3.39. The van der Waals surface area contributed by atoms with E-state index in [2.05, 4.69) is 60.6 Å². The zero-order chi connectivity index (χ0) is 20.6. The van der Waals surface area contributed by atoms with E-state index in [1.807, 2.05) is 24.3 Å². The van der Waals surface area contributed by atoms with Gasteiger partial charge in [0.1, 0.15) is 17.1 Å². The van der Waals surface area contributed by atoms with Gasteiger partial charge in [-0.1, -0.05) is 53.7 Å². The Kier molecular flexibility index (Phi) is 5.68. The molecule has 1 N–H and O–H groups in total. The second kappa shape index (κ2) is 7.20. The minimum Gasteiger partial charge on any atom is -0.507 e. The predicted octanol–water partition coefficient (Wildman–Crippen LogP) is 5.91. The van der Waals surface area contributed by atoms with Crippen LogP contribution in [0.1, 0.15) is 70.7 Å². The summed E-state index contributed by atoms with van der Waals surface area (Å²) in [6.07, 6.45) is 0. The van der Waals surface area contributed by atoms with E-state index in [-0.39, 0.29) is 10.8 Å². The molecule has 0 aliphatic heterocycles. The molecule has 0 saturated heterocycles. The second-order valence-corrected chi connectivity index (χ2v) is 9.39. The highest BCUT2D eigenvalue weighted by Gasteiger charge is 2.34. The molecule has 0 amide bonds. The largest absolute Gasteiger partial charge is 0.507 e. The van der Waals surface area contributed by atoms with Gasteiger partial charge in [-0.15, -0.1) is 0 Å². The van der Waals surface area contributed by atoms with Crippen molar-refractivity contribution < 1.29 is 14.6 Å². The number of phenols is 1. The highest BCUT2D eigenvalue weighted by Crippen LogP contribution is 2.44. The highest BCUT2D eigenvalue weighted by atomic mass is 16.5. The normalized spacial score (nSPS) is 14.7. The van der Waals surface area contributed by atoms with Crippen LogP contribution in [0.5, 0.6) is 11.5 Å². The molecule has 0 spiro atoms. The van der Waals surface area contributed by atoms with E-state index in [9.17, 15) is 5.11 Å². The van der Waals surface area contributed by atoms with Gasteiger partial charge in [0.05, 0.1) is 7.11 Å². The lowest BCUT2D eigenvalue weighted by Gasteiger charge is -2.34. The summed E-state index contributed by atoms with van der Waals surface area (Å²) in [5, 5.41) is 11.0. The molecule has 0 fully saturated rings. The maximum Gasteiger partial charge on any atom is 0.123 e. The molecule has 2 aromatic carbocycles. The van der Waals surface area contributed by atoms with Crippen LogP contribution in [0.3, 0.4) is 0 Å². The molecule has 0 aliphatic rings. The Morgan fingerprint density at radius 3 is 1.48 bits per heavy atom. The summed E-state index contributed by atoms with van der Waals surface area (Å²) in [6.45, 7) is 14.8. The summed E-state index contributed by atoms with van der Waals surface area (Å²) in [4.78, 5) is 0. The predicted molar refractivity (Wildman–Crippen MR) is 112 cm³/mol. The van der Waals surface area contributed by atoms with Crippen molar-refractivity contribution in [2.75, 3.05) is 14.2 Å².